The first-order valence-electron chi connectivity index (χ1n) is 6.04. The maximum Gasteiger partial charge on any atom is 0.387 e. The molecule has 1 unspecified atom stereocenters. The van der Waals surface area contributed by atoms with Crippen LogP contribution in [-0.4, -0.2) is 13.7 Å². The third-order valence-electron chi connectivity index (χ3n) is 2.87. The van der Waals surface area contributed by atoms with Gasteiger partial charge in [0.1, 0.15) is 11.5 Å². The van der Waals surface area contributed by atoms with E-state index >= 15 is 0 Å². The first kappa shape index (κ1) is 16.0. The Bertz CT molecular complexity index is 622. The van der Waals surface area contributed by atoms with Gasteiger partial charge in [-0.2, -0.15) is 8.78 Å². The van der Waals surface area contributed by atoms with Gasteiger partial charge in [-0.1, -0.05) is 45.7 Å². The van der Waals surface area contributed by atoms with Crippen molar-refractivity contribution in [2.45, 2.75) is 11.4 Å². The van der Waals surface area contributed by atoms with E-state index < -0.39 is 6.61 Å². The number of para-hydroxylation sites is 1. The molecule has 112 valence electrons. The van der Waals surface area contributed by atoms with Crippen LogP contribution in [0.1, 0.15) is 16.0 Å². The number of alkyl halides is 3. The molecule has 2 aromatic carbocycles. The SMILES string of the molecule is COc1ccc(Cl)cc1C(Br)c1ccccc1OC(F)F. The Kier molecular flexibility index (Phi) is 5.42. The van der Waals surface area contributed by atoms with Gasteiger partial charge in [0.25, 0.3) is 0 Å². The molecular weight excluding hydrogens is 366 g/mol. The molecule has 0 heterocycles. The van der Waals surface area contributed by atoms with E-state index in [4.69, 9.17) is 16.3 Å². The summed E-state index contributed by atoms with van der Waals surface area (Å²) in [6, 6.07) is 11.7. The minimum absolute atomic E-state index is 0.108. The number of methoxy groups -OCH3 is 1. The van der Waals surface area contributed by atoms with Crippen molar-refractivity contribution in [3.63, 3.8) is 0 Å². The highest BCUT2D eigenvalue weighted by molar-refractivity contribution is 9.09. The normalized spacial score (nSPS) is 12.3. The summed E-state index contributed by atoms with van der Waals surface area (Å²) in [7, 11) is 1.54. The molecule has 2 nitrogen and oxygen atoms in total. The molecule has 0 aliphatic heterocycles. The van der Waals surface area contributed by atoms with Crippen LogP contribution in [0.3, 0.4) is 0 Å². The number of ether oxygens (including phenoxy) is 2. The molecule has 0 aliphatic rings. The molecule has 21 heavy (non-hydrogen) atoms. The van der Waals surface area contributed by atoms with Gasteiger partial charge in [0.05, 0.1) is 11.9 Å². The van der Waals surface area contributed by atoms with Crippen molar-refractivity contribution < 1.29 is 18.3 Å². The molecule has 1 atom stereocenters. The smallest absolute Gasteiger partial charge is 0.387 e. The monoisotopic (exact) mass is 376 g/mol. The average molecular weight is 378 g/mol. The highest BCUT2D eigenvalue weighted by Crippen LogP contribution is 2.41. The fraction of sp³-hybridized carbons (Fsp3) is 0.200. The highest BCUT2D eigenvalue weighted by Gasteiger charge is 2.20. The maximum absolute atomic E-state index is 12.5. The Morgan fingerprint density at radius 2 is 1.76 bits per heavy atom. The van der Waals surface area contributed by atoms with Crippen molar-refractivity contribution in [1.29, 1.82) is 0 Å². The van der Waals surface area contributed by atoms with E-state index in [9.17, 15) is 8.78 Å². The lowest BCUT2D eigenvalue weighted by molar-refractivity contribution is -0.0503. The third-order valence-corrected chi connectivity index (χ3v) is 4.09. The van der Waals surface area contributed by atoms with Crippen molar-refractivity contribution in [2.75, 3.05) is 7.11 Å². The van der Waals surface area contributed by atoms with Crippen molar-refractivity contribution in [2.24, 2.45) is 0 Å². The largest absolute Gasteiger partial charge is 0.496 e. The lowest BCUT2D eigenvalue weighted by Gasteiger charge is -2.18. The van der Waals surface area contributed by atoms with Crippen LogP contribution in [-0.2, 0) is 0 Å². The zero-order chi connectivity index (χ0) is 15.4. The van der Waals surface area contributed by atoms with Crippen LogP contribution in [0.25, 0.3) is 0 Å². The minimum Gasteiger partial charge on any atom is -0.496 e. The molecule has 2 aromatic rings. The second-order valence-corrected chi connectivity index (χ2v) is 5.52. The van der Waals surface area contributed by atoms with Crippen molar-refractivity contribution >= 4 is 27.5 Å². The predicted octanol–water partition coefficient (Wildman–Crippen LogP) is 5.43. The van der Waals surface area contributed by atoms with Crippen LogP contribution in [0.5, 0.6) is 11.5 Å². The highest BCUT2D eigenvalue weighted by atomic mass is 79.9. The molecule has 0 saturated heterocycles. The van der Waals surface area contributed by atoms with Gasteiger partial charge in [-0.05, 0) is 24.3 Å². The van der Waals surface area contributed by atoms with Crippen LogP contribution in [0.15, 0.2) is 42.5 Å². The molecule has 0 amide bonds. The summed E-state index contributed by atoms with van der Waals surface area (Å²) < 4.78 is 34.8. The quantitative estimate of drug-likeness (QED) is 0.647. The zero-order valence-electron chi connectivity index (χ0n) is 11.0. The van der Waals surface area contributed by atoms with Crippen molar-refractivity contribution in [3.05, 3.63) is 58.6 Å². The second-order valence-electron chi connectivity index (χ2n) is 4.17. The summed E-state index contributed by atoms with van der Waals surface area (Å²) in [4.78, 5) is -0.388. The van der Waals surface area contributed by atoms with Crippen LogP contribution in [0.2, 0.25) is 5.02 Å². The fourth-order valence-electron chi connectivity index (χ4n) is 1.96. The Morgan fingerprint density at radius 3 is 2.43 bits per heavy atom. The van der Waals surface area contributed by atoms with E-state index in [1.54, 1.807) is 36.4 Å². The van der Waals surface area contributed by atoms with E-state index in [0.717, 1.165) is 5.56 Å². The van der Waals surface area contributed by atoms with Gasteiger partial charge in [0, 0.05) is 16.1 Å². The topological polar surface area (TPSA) is 18.5 Å². The molecule has 0 N–H and O–H groups in total. The van der Waals surface area contributed by atoms with E-state index in [1.807, 2.05) is 0 Å². The van der Waals surface area contributed by atoms with Crippen LogP contribution in [0.4, 0.5) is 8.78 Å². The number of benzene rings is 2. The Balaban J connectivity index is 2.45. The lowest BCUT2D eigenvalue weighted by Crippen LogP contribution is -2.06. The Hall–Kier alpha value is -1.33. The zero-order valence-corrected chi connectivity index (χ0v) is 13.4. The van der Waals surface area contributed by atoms with E-state index in [0.29, 0.717) is 16.3 Å². The van der Waals surface area contributed by atoms with Crippen LogP contribution < -0.4 is 9.47 Å². The van der Waals surface area contributed by atoms with Crippen LogP contribution >= 0.6 is 27.5 Å². The second kappa shape index (κ2) is 7.09. The Labute approximate surface area is 134 Å². The van der Waals surface area contributed by atoms with E-state index in [1.165, 1.54) is 13.2 Å². The van der Waals surface area contributed by atoms with Gasteiger partial charge in [0.15, 0.2) is 0 Å². The standard InChI is InChI=1S/C15H12BrClF2O2/c1-20-12-7-6-9(17)8-11(12)14(16)10-4-2-3-5-13(10)21-15(18)19/h2-8,14-15H,1H3. The van der Waals surface area contributed by atoms with E-state index in [2.05, 4.69) is 20.7 Å². The molecule has 0 aliphatic carbocycles. The molecular formula is C15H12BrClF2O2. The maximum atomic E-state index is 12.5. The summed E-state index contributed by atoms with van der Waals surface area (Å²) in [6.07, 6.45) is 0. The van der Waals surface area contributed by atoms with Gasteiger partial charge in [0.2, 0.25) is 0 Å². The van der Waals surface area contributed by atoms with Gasteiger partial charge < -0.3 is 9.47 Å². The van der Waals surface area contributed by atoms with Gasteiger partial charge >= 0.3 is 6.61 Å². The first-order chi connectivity index (χ1) is 10.0. The molecule has 0 bridgehead atoms. The number of hydrogen-bond donors (Lipinski definition) is 0. The number of hydrogen-bond acceptors (Lipinski definition) is 2. The molecule has 0 fully saturated rings. The third kappa shape index (κ3) is 3.86. The predicted molar refractivity (Wildman–Crippen MR) is 81.8 cm³/mol. The average Bonchev–Trinajstić information content (AvgIpc) is 2.46. The summed E-state index contributed by atoms with van der Waals surface area (Å²) in [6.45, 7) is -2.88. The summed E-state index contributed by atoms with van der Waals surface area (Å²) in [5.74, 6) is 0.713. The van der Waals surface area contributed by atoms with Gasteiger partial charge in [-0.3, -0.25) is 0 Å². The molecule has 2 rings (SSSR count). The molecule has 0 spiro atoms. The summed E-state index contributed by atoms with van der Waals surface area (Å²) >= 11 is 9.50. The van der Waals surface area contributed by atoms with Crippen LogP contribution in [0, 0.1) is 0 Å². The fourth-order valence-corrected chi connectivity index (χ4v) is 2.88. The molecule has 0 radical (unpaired) electrons. The lowest BCUT2D eigenvalue weighted by atomic mass is 10.0. The van der Waals surface area contributed by atoms with Crippen molar-refractivity contribution in [3.8, 4) is 11.5 Å². The van der Waals surface area contributed by atoms with Gasteiger partial charge in [-0.15, -0.1) is 0 Å². The molecule has 0 saturated carbocycles. The molecule has 0 aromatic heterocycles. The summed E-state index contributed by atoms with van der Waals surface area (Å²) in [5, 5.41) is 0.530. The summed E-state index contributed by atoms with van der Waals surface area (Å²) in [5.41, 5.74) is 1.30. The molecule has 6 heteroatoms. The number of halogens is 4. The first-order valence-corrected chi connectivity index (χ1v) is 7.33. The van der Waals surface area contributed by atoms with Gasteiger partial charge in [-0.25, -0.2) is 0 Å². The Morgan fingerprint density at radius 1 is 1.05 bits per heavy atom. The minimum atomic E-state index is -2.88. The van der Waals surface area contributed by atoms with E-state index in [-0.39, 0.29) is 10.6 Å². The van der Waals surface area contributed by atoms with Crippen molar-refractivity contribution in [1.82, 2.24) is 0 Å². The number of rotatable bonds is 5.